The Balaban J connectivity index is 2.33. The Morgan fingerprint density at radius 1 is 1.24 bits per heavy atom. The van der Waals surface area contributed by atoms with Gasteiger partial charge in [0.15, 0.2) is 5.69 Å². The van der Waals surface area contributed by atoms with Crippen LogP contribution in [-0.4, -0.2) is 23.0 Å². The number of ether oxygens (including phenoxy) is 1. The van der Waals surface area contributed by atoms with Gasteiger partial charge in [-0.1, -0.05) is 12.1 Å². The second-order valence-corrected chi connectivity index (χ2v) is 3.95. The van der Waals surface area contributed by atoms with Crippen LogP contribution in [0.1, 0.15) is 16.1 Å². The lowest BCUT2D eigenvalue weighted by atomic mass is 10.1. The van der Waals surface area contributed by atoms with Crippen molar-refractivity contribution < 1.29 is 22.7 Å². The molecule has 0 fully saturated rings. The maximum atomic E-state index is 12.9. The monoisotopic (exact) mass is 297 g/mol. The summed E-state index contributed by atoms with van der Waals surface area (Å²) < 4.78 is 43.1. The maximum Gasteiger partial charge on any atom is 0.418 e. The molecule has 110 valence electrons. The number of hydrogen-bond acceptors (Lipinski definition) is 5. The van der Waals surface area contributed by atoms with E-state index in [-0.39, 0.29) is 17.2 Å². The van der Waals surface area contributed by atoms with Crippen LogP contribution < -0.4 is 5.32 Å². The smallest absolute Gasteiger partial charge is 0.418 e. The third-order valence-electron chi connectivity index (χ3n) is 2.52. The highest BCUT2D eigenvalue weighted by Crippen LogP contribution is 2.35. The number of alkyl halides is 3. The van der Waals surface area contributed by atoms with E-state index in [4.69, 9.17) is 0 Å². The molecule has 2 rings (SSSR count). The lowest BCUT2D eigenvalue weighted by Crippen LogP contribution is -2.10. The minimum Gasteiger partial charge on any atom is -0.464 e. The maximum absolute atomic E-state index is 12.9. The van der Waals surface area contributed by atoms with Crippen molar-refractivity contribution in [1.82, 2.24) is 9.97 Å². The van der Waals surface area contributed by atoms with Gasteiger partial charge in [-0.3, -0.25) is 4.98 Å². The number of hydrogen-bond donors (Lipinski definition) is 1. The fraction of sp³-hybridized carbons (Fsp3) is 0.154. The van der Waals surface area contributed by atoms with Gasteiger partial charge in [0.2, 0.25) is 0 Å². The summed E-state index contributed by atoms with van der Waals surface area (Å²) in [5.74, 6) is -0.718. The summed E-state index contributed by atoms with van der Waals surface area (Å²) >= 11 is 0. The highest BCUT2D eigenvalue weighted by Gasteiger charge is 2.33. The summed E-state index contributed by atoms with van der Waals surface area (Å²) in [5, 5.41) is 2.50. The summed E-state index contributed by atoms with van der Waals surface area (Å²) in [6.07, 6.45) is -2.14. The summed E-state index contributed by atoms with van der Waals surface area (Å²) in [7, 11) is 1.17. The largest absolute Gasteiger partial charge is 0.464 e. The predicted molar refractivity (Wildman–Crippen MR) is 68.1 cm³/mol. The zero-order valence-corrected chi connectivity index (χ0v) is 10.8. The summed E-state index contributed by atoms with van der Waals surface area (Å²) in [4.78, 5) is 18.9. The minimum atomic E-state index is -4.50. The number of carbonyl (C=O) groups excluding carboxylic acids is 1. The number of anilines is 2. The van der Waals surface area contributed by atoms with Gasteiger partial charge in [-0.05, 0) is 12.1 Å². The number of methoxy groups -OCH3 is 1. The number of nitrogens with zero attached hydrogens (tertiary/aromatic N) is 2. The third kappa shape index (κ3) is 3.47. The number of benzene rings is 1. The van der Waals surface area contributed by atoms with Crippen LogP contribution in [0.3, 0.4) is 0 Å². The van der Waals surface area contributed by atoms with E-state index in [0.29, 0.717) is 0 Å². The van der Waals surface area contributed by atoms with Crippen molar-refractivity contribution in [3.05, 3.63) is 47.9 Å². The molecule has 1 aromatic heterocycles. The van der Waals surface area contributed by atoms with E-state index < -0.39 is 17.7 Å². The SMILES string of the molecule is COC(=O)c1cncc(Nc2ccccc2C(F)(F)F)n1. The number of halogens is 3. The molecule has 0 bridgehead atoms. The molecule has 0 spiro atoms. The molecule has 0 radical (unpaired) electrons. The molecule has 8 heteroatoms. The van der Waals surface area contributed by atoms with E-state index in [2.05, 4.69) is 20.0 Å². The van der Waals surface area contributed by atoms with Gasteiger partial charge in [0.25, 0.3) is 0 Å². The molecule has 1 aromatic carbocycles. The van der Waals surface area contributed by atoms with Gasteiger partial charge in [0.1, 0.15) is 5.82 Å². The molecule has 5 nitrogen and oxygen atoms in total. The predicted octanol–water partition coefficient (Wildman–Crippen LogP) is 3.03. The lowest BCUT2D eigenvalue weighted by Gasteiger charge is -2.13. The van der Waals surface area contributed by atoms with Crippen molar-refractivity contribution in [3.8, 4) is 0 Å². The number of carbonyl (C=O) groups is 1. The van der Waals surface area contributed by atoms with Gasteiger partial charge in [0, 0.05) is 0 Å². The van der Waals surface area contributed by atoms with Crippen molar-refractivity contribution in [1.29, 1.82) is 0 Å². The van der Waals surface area contributed by atoms with Gasteiger partial charge >= 0.3 is 12.1 Å². The molecule has 0 aliphatic heterocycles. The van der Waals surface area contributed by atoms with Gasteiger partial charge in [-0.15, -0.1) is 0 Å². The highest BCUT2D eigenvalue weighted by atomic mass is 19.4. The second-order valence-electron chi connectivity index (χ2n) is 3.95. The molecular formula is C13H10F3N3O2. The molecule has 0 unspecified atom stereocenters. The average Bonchev–Trinajstić information content (AvgIpc) is 2.46. The van der Waals surface area contributed by atoms with Crippen molar-refractivity contribution in [3.63, 3.8) is 0 Å². The van der Waals surface area contributed by atoms with Crippen LogP contribution in [0.2, 0.25) is 0 Å². The molecule has 0 amide bonds. The fourth-order valence-corrected chi connectivity index (χ4v) is 1.61. The Morgan fingerprint density at radius 3 is 2.62 bits per heavy atom. The van der Waals surface area contributed by atoms with Gasteiger partial charge < -0.3 is 10.1 Å². The molecular weight excluding hydrogens is 287 g/mol. The van der Waals surface area contributed by atoms with E-state index in [0.717, 1.165) is 12.3 Å². The Labute approximate surface area is 117 Å². The Morgan fingerprint density at radius 2 is 1.95 bits per heavy atom. The first kappa shape index (κ1) is 14.8. The summed E-state index contributed by atoms with van der Waals surface area (Å²) in [5.41, 5.74) is -1.12. The van der Waals surface area contributed by atoms with E-state index >= 15 is 0 Å². The van der Waals surface area contributed by atoms with Crippen LogP contribution in [0.5, 0.6) is 0 Å². The second kappa shape index (κ2) is 5.78. The van der Waals surface area contributed by atoms with Crippen molar-refractivity contribution in [2.75, 3.05) is 12.4 Å². The number of rotatable bonds is 3. The average molecular weight is 297 g/mol. The van der Waals surface area contributed by atoms with Crippen LogP contribution in [-0.2, 0) is 10.9 Å². The molecule has 0 atom stereocenters. The Bertz CT molecular complexity index is 659. The van der Waals surface area contributed by atoms with Crippen molar-refractivity contribution in [2.45, 2.75) is 6.18 Å². The molecule has 0 saturated heterocycles. The van der Waals surface area contributed by atoms with E-state index in [1.165, 1.54) is 31.5 Å². The quantitative estimate of drug-likeness (QED) is 0.882. The molecule has 21 heavy (non-hydrogen) atoms. The third-order valence-corrected chi connectivity index (χ3v) is 2.52. The first-order valence-corrected chi connectivity index (χ1v) is 5.75. The van der Waals surface area contributed by atoms with E-state index in [1.54, 1.807) is 0 Å². The normalized spacial score (nSPS) is 11.0. The summed E-state index contributed by atoms with van der Waals surface area (Å²) in [6.45, 7) is 0. The number of aromatic nitrogens is 2. The van der Waals surface area contributed by atoms with E-state index in [1.807, 2.05) is 0 Å². The van der Waals surface area contributed by atoms with Crippen LogP contribution in [0, 0.1) is 0 Å². The fourth-order valence-electron chi connectivity index (χ4n) is 1.61. The van der Waals surface area contributed by atoms with Crippen LogP contribution in [0.15, 0.2) is 36.7 Å². The standard InChI is InChI=1S/C13H10F3N3O2/c1-21-12(20)10-6-17-7-11(19-10)18-9-5-3-2-4-8(9)13(14,15)16/h2-7H,1H3,(H,18,19). The number of para-hydroxylation sites is 1. The minimum absolute atomic E-state index is 0.00889. The molecule has 2 aromatic rings. The zero-order valence-electron chi connectivity index (χ0n) is 10.8. The van der Waals surface area contributed by atoms with Gasteiger partial charge in [0.05, 0.1) is 30.8 Å². The zero-order chi connectivity index (χ0) is 15.5. The number of nitrogens with one attached hydrogen (secondary N) is 1. The highest BCUT2D eigenvalue weighted by molar-refractivity contribution is 5.87. The van der Waals surface area contributed by atoms with Crippen molar-refractivity contribution in [2.24, 2.45) is 0 Å². The molecule has 0 aliphatic carbocycles. The molecule has 1 N–H and O–H groups in total. The van der Waals surface area contributed by atoms with E-state index in [9.17, 15) is 18.0 Å². The van der Waals surface area contributed by atoms with Gasteiger partial charge in [-0.25, -0.2) is 9.78 Å². The molecule has 0 aliphatic rings. The van der Waals surface area contributed by atoms with Crippen LogP contribution in [0.25, 0.3) is 0 Å². The first-order valence-electron chi connectivity index (χ1n) is 5.75. The molecule has 1 heterocycles. The number of esters is 1. The molecule has 0 saturated carbocycles. The Hall–Kier alpha value is -2.64. The first-order chi connectivity index (χ1) is 9.91. The van der Waals surface area contributed by atoms with Crippen LogP contribution in [0.4, 0.5) is 24.7 Å². The summed E-state index contributed by atoms with van der Waals surface area (Å²) in [6, 6.07) is 4.94. The van der Waals surface area contributed by atoms with Gasteiger partial charge in [-0.2, -0.15) is 13.2 Å². The Kier molecular flexibility index (Phi) is 4.06. The van der Waals surface area contributed by atoms with Crippen LogP contribution >= 0.6 is 0 Å². The topological polar surface area (TPSA) is 64.1 Å². The van der Waals surface area contributed by atoms with Crippen molar-refractivity contribution >= 4 is 17.5 Å². The lowest BCUT2D eigenvalue weighted by molar-refractivity contribution is -0.136.